The number of benzene rings is 1. The Bertz CT molecular complexity index is 448. The van der Waals surface area contributed by atoms with Crippen LogP contribution in [0.2, 0.25) is 0 Å². The third kappa shape index (κ3) is 3.56. The van der Waals surface area contributed by atoms with Crippen molar-refractivity contribution in [3.8, 4) is 5.75 Å². The smallest absolute Gasteiger partial charge is 0.317 e. The first-order valence-corrected chi connectivity index (χ1v) is 5.51. The minimum Gasteiger partial charge on any atom is -0.508 e. The van der Waals surface area contributed by atoms with Crippen LogP contribution in [0, 0.1) is 5.82 Å². The van der Waals surface area contributed by atoms with Crippen LogP contribution in [0.3, 0.4) is 0 Å². The molecule has 4 nitrogen and oxygen atoms in total. The van der Waals surface area contributed by atoms with Crippen molar-refractivity contribution in [3.63, 3.8) is 0 Å². The fourth-order valence-electron chi connectivity index (χ4n) is 1.75. The molecule has 0 aliphatic carbocycles. The third-order valence-electron chi connectivity index (χ3n) is 2.68. The van der Waals surface area contributed by atoms with Crippen molar-refractivity contribution < 1.29 is 19.4 Å². The van der Waals surface area contributed by atoms with Gasteiger partial charge in [-0.1, -0.05) is 12.1 Å². The van der Waals surface area contributed by atoms with Crippen molar-refractivity contribution in [1.82, 2.24) is 4.90 Å². The van der Waals surface area contributed by atoms with E-state index in [9.17, 15) is 9.18 Å². The summed E-state index contributed by atoms with van der Waals surface area (Å²) in [6.45, 7) is 5.40. The number of hydrogen-bond acceptors (Lipinski definition) is 3. The van der Waals surface area contributed by atoms with Crippen LogP contribution in [0.25, 0.3) is 0 Å². The molecule has 1 aromatic carbocycles. The molecule has 98 valence electrons. The number of aromatic hydroxyl groups is 1. The van der Waals surface area contributed by atoms with Crippen LogP contribution in [0.15, 0.2) is 30.9 Å². The second-order valence-corrected chi connectivity index (χ2v) is 3.99. The number of phenols is 1. The highest BCUT2D eigenvalue weighted by Crippen LogP contribution is 2.25. The highest BCUT2D eigenvalue weighted by Gasteiger charge is 2.20. The Labute approximate surface area is 105 Å². The van der Waals surface area contributed by atoms with Gasteiger partial charge < -0.3 is 10.2 Å². The van der Waals surface area contributed by atoms with Gasteiger partial charge in [-0.2, -0.15) is 0 Å². The number of nitrogens with zero attached hydrogens (tertiary/aromatic N) is 1. The molecule has 1 unspecified atom stereocenters. The normalized spacial score (nSPS) is 12.4. The van der Waals surface area contributed by atoms with E-state index in [4.69, 9.17) is 10.2 Å². The maximum atomic E-state index is 13.7. The number of rotatable bonds is 6. The van der Waals surface area contributed by atoms with Crippen LogP contribution in [-0.2, 0) is 4.79 Å². The lowest BCUT2D eigenvalue weighted by Crippen LogP contribution is -2.32. The fraction of sp³-hybridized carbons (Fsp3) is 0.308. The first-order chi connectivity index (χ1) is 8.45. The Balaban J connectivity index is 2.96. The Morgan fingerprint density at radius 2 is 2.28 bits per heavy atom. The summed E-state index contributed by atoms with van der Waals surface area (Å²) < 4.78 is 13.7. The molecule has 0 saturated heterocycles. The van der Waals surface area contributed by atoms with Gasteiger partial charge in [0.15, 0.2) is 0 Å². The summed E-state index contributed by atoms with van der Waals surface area (Å²) in [5, 5.41) is 18.0. The Morgan fingerprint density at radius 3 is 2.78 bits per heavy atom. The maximum Gasteiger partial charge on any atom is 0.317 e. The van der Waals surface area contributed by atoms with E-state index in [-0.39, 0.29) is 12.3 Å². The summed E-state index contributed by atoms with van der Waals surface area (Å²) in [7, 11) is 0. The van der Waals surface area contributed by atoms with Crippen molar-refractivity contribution in [2.24, 2.45) is 0 Å². The van der Waals surface area contributed by atoms with Gasteiger partial charge in [-0.25, -0.2) is 4.39 Å². The van der Waals surface area contributed by atoms with E-state index in [2.05, 4.69) is 6.58 Å². The van der Waals surface area contributed by atoms with Crippen molar-refractivity contribution in [1.29, 1.82) is 0 Å². The molecule has 0 saturated carbocycles. The highest BCUT2D eigenvalue weighted by molar-refractivity contribution is 5.69. The van der Waals surface area contributed by atoms with Crippen LogP contribution >= 0.6 is 0 Å². The lowest BCUT2D eigenvalue weighted by atomic mass is 10.1. The lowest BCUT2D eigenvalue weighted by molar-refractivity contribution is -0.138. The van der Waals surface area contributed by atoms with E-state index in [1.165, 1.54) is 12.1 Å². The topological polar surface area (TPSA) is 60.8 Å². The van der Waals surface area contributed by atoms with Crippen molar-refractivity contribution in [2.75, 3.05) is 13.1 Å². The van der Waals surface area contributed by atoms with Crippen LogP contribution in [0.5, 0.6) is 5.75 Å². The fourth-order valence-corrected chi connectivity index (χ4v) is 1.75. The first kappa shape index (κ1) is 14.2. The largest absolute Gasteiger partial charge is 0.508 e. The molecule has 0 aromatic heterocycles. The zero-order chi connectivity index (χ0) is 13.7. The van der Waals surface area contributed by atoms with Gasteiger partial charge in [0.25, 0.3) is 0 Å². The van der Waals surface area contributed by atoms with E-state index >= 15 is 0 Å². The van der Waals surface area contributed by atoms with Gasteiger partial charge in [-0.05, 0) is 13.0 Å². The van der Waals surface area contributed by atoms with Gasteiger partial charge in [-0.15, -0.1) is 6.58 Å². The molecule has 18 heavy (non-hydrogen) atoms. The second kappa shape index (κ2) is 6.16. The van der Waals surface area contributed by atoms with E-state index < -0.39 is 17.8 Å². The molecule has 0 spiro atoms. The van der Waals surface area contributed by atoms with Crippen molar-refractivity contribution >= 4 is 5.97 Å². The Hall–Kier alpha value is -1.88. The molecule has 0 bridgehead atoms. The van der Waals surface area contributed by atoms with Gasteiger partial charge in [0, 0.05) is 24.2 Å². The van der Waals surface area contributed by atoms with Crippen LogP contribution < -0.4 is 0 Å². The van der Waals surface area contributed by atoms with Crippen LogP contribution in [0.4, 0.5) is 4.39 Å². The number of halogens is 1. The molecule has 0 aliphatic rings. The van der Waals surface area contributed by atoms with E-state index in [0.717, 1.165) is 6.07 Å². The molecule has 0 fully saturated rings. The first-order valence-electron chi connectivity index (χ1n) is 5.51. The molecule has 1 rings (SSSR count). The molecule has 0 radical (unpaired) electrons. The SMILES string of the molecule is C=CCN(CC(=O)O)C(C)c1ccc(O)cc1F. The molecule has 0 amide bonds. The number of carboxylic acid groups (broad SMARTS) is 1. The molecule has 0 aliphatic heterocycles. The van der Waals surface area contributed by atoms with Crippen molar-refractivity contribution in [2.45, 2.75) is 13.0 Å². The summed E-state index contributed by atoms with van der Waals surface area (Å²) >= 11 is 0. The predicted octanol–water partition coefficient (Wildman–Crippen LogP) is 2.16. The quantitative estimate of drug-likeness (QED) is 0.763. The molecular weight excluding hydrogens is 237 g/mol. The molecule has 1 aromatic rings. The summed E-state index contributed by atoms with van der Waals surface area (Å²) in [4.78, 5) is 12.3. The Morgan fingerprint density at radius 1 is 1.61 bits per heavy atom. The molecule has 5 heteroatoms. The lowest BCUT2D eigenvalue weighted by Gasteiger charge is -2.26. The molecule has 2 N–H and O–H groups in total. The monoisotopic (exact) mass is 253 g/mol. The van der Waals surface area contributed by atoms with E-state index in [0.29, 0.717) is 12.1 Å². The van der Waals surface area contributed by atoms with Crippen LogP contribution in [-0.4, -0.2) is 34.2 Å². The van der Waals surface area contributed by atoms with Gasteiger partial charge >= 0.3 is 5.97 Å². The van der Waals surface area contributed by atoms with Gasteiger partial charge in [0.2, 0.25) is 0 Å². The average Bonchev–Trinajstić information content (AvgIpc) is 2.27. The van der Waals surface area contributed by atoms with Gasteiger partial charge in [0.05, 0.1) is 6.54 Å². The van der Waals surface area contributed by atoms with Crippen LogP contribution in [0.1, 0.15) is 18.5 Å². The van der Waals surface area contributed by atoms with E-state index in [1.807, 2.05) is 0 Å². The zero-order valence-corrected chi connectivity index (χ0v) is 10.1. The number of carboxylic acids is 1. The zero-order valence-electron chi connectivity index (χ0n) is 10.1. The molecule has 0 heterocycles. The maximum absolute atomic E-state index is 13.7. The second-order valence-electron chi connectivity index (χ2n) is 3.99. The molecule has 1 atom stereocenters. The summed E-state index contributed by atoms with van der Waals surface area (Å²) in [6.07, 6.45) is 1.57. The summed E-state index contributed by atoms with van der Waals surface area (Å²) in [6, 6.07) is 3.42. The minimum absolute atomic E-state index is 0.156. The average molecular weight is 253 g/mol. The Kier molecular flexibility index (Phi) is 4.85. The van der Waals surface area contributed by atoms with E-state index in [1.54, 1.807) is 17.9 Å². The predicted molar refractivity (Wildman–Crippen MR) is 65.9 cm³/mol. The number of phenolic OH excluding ortho intramolecular Hbond substituents is 1. The van der Waals surface area contributed by atoms with Gasteiger partial charge in [0.1, 0.15) is 11.6 Å². The minimum atomic E-state index is -0.983. The number of hydrogen-bond donors (Lipinski definition) is 2. The van der Waals surface area contributed by atoms with Gasteiger partial charge in [-0.3, -0.25) is 9.69 Å². The molecular formula is C13H16FNO3. The summed E-state index contributed by atoms with van der Waals surface area (Å²) in [5.74, 6) is -1.69. The standard InChI is InChI=1S/C13H16FNO3/c1-3-6-15(8-13(17)18)9(2)11-5-4-10(16)7-12(11)14/h3-5,7,9,16H,1,6,8H2,2H3,(H,17,18). The van der Waals surface area contributed by atoms with Crippen molar-refractivity contribution in [3.05, 3.63) is 42.2 Å². The summed E-state index contributed by atoms with van der Waals surface area (Å²) in [5.41, 5.74) is 0.343. The number of aliphatic carboxylic acids is 1. The third-order valence-corrected chi connectivity index (χ3v) is 2.68. The highest BCUT2D eigenvalue weighted by atomic mass is 19.1. The number of carbonyl (C=O) groups is 1.